The normalized spacial score (nSPS) is 21.4. The minimum atomic E-state index is -0.835. The van der Waals surface area contributed by atoms with Crippen molar-refractivity contribution in [2.75, 3.05) is 6.61 Å². The van der Waals surface area contributed by atoms with Crippen molar-refractivity contribution in [1.29, 1.82) is 0 Å². The Bertz CT molecular complexity index is 374. The monoisotopic (exact) mass is 249 g/mol. The van der Waals surface area contributed by atoms with Crippen molar-refractivity contribution in [1.82, 2.24) is 5.32 Å². The maximum absolute atomic E-state index is 11.3. The highest BCUT2D eigenvalue weighted by Gasteiger charge is 2.29. The van der Waals surface area contributed by atoms with Crippen LogP contribution in [0.2, 0.25) is 0 Å². The lowest BCUT2D eigenvalue weighted by Crippen LogP contribution is -2.48. The summed E-state index contributed by atoms with van der Waals surface area (Å²) in [6.45, 7) is 1.22. The van der Waals surface area contributed by atoms with Gasteiger partial charge in [0.15, 0.2) is 0 Å². The summed E-state index contributed by atoms with van der Waals surface area (Å²) < 4.78 is 5.55. The maximum atomic E-state index is 11.3. The number of rotatable bonds is 5. The summed E-state index contributed by atoms with van der Waals surface area (Å²) in [7, 11) is 0. The lowest BCUT2D eigenvalue weighted by Gasteiger charge is -2.28. The molecule has 2 atom stereocenters. The van der Waals surface area contributed by atoms with Crippen LogP contribution < -0.4 is 5.32 Å². The summed E-state index contributed by atoms with van der Waals surface area (Å²) in [6.07, 6.45) is 2.68. The first-order valence-corrected chi connectivity index (χ1v) is 6.39. The van der Waals surface area contributed by atoms with Crippen LogP contribution in [0.1, 0.15) is 24.8 Å². The Balaban J connectivity index is 1.92. The average molecular weight is 249 g/mol. The van der Waals surface area contributed by atoms with E-state index in [1.165, 1.54) is 0 Å². The van der Waals surface area contributed by atoms with Gasteiger partial charge in [-0.3, -0.25) is 10.1 Å². The first-order valence-electron chi connectivity index (χ1n) is 6.39. The third kappa shape index (κ3) is 3.55. The molecule has 0 aromatic heterocycles. The number of benzene rings is 1. The predicted molar refractivity (Wildman–Crippen MR) is 68.3 cm³/mol. The molecule has 1 saturated heterocycles. The molecule has 1 aromatic carbocycles. The van der Waals surface area contributed by atoms with Crippen LogP contribution in [0.15, 0.2) is 30.3 Å². The molecule has 1 fully saturated rings. The number of aliphatic carboxylic acids is 1. The van der Waals surface area contributed by atoms with Crippen LogP contribution in [0.3, 0.4) is 0 Å². The van der Waals surface area contributed by atoms with E-state index in [4.69, 9.17) is 4.74 Å². The van der Waals surface area contributed by atoms with Gasteiger partial charge in [-0.1, -0.05) is 30.3 Å². The van der Waals surface area contributed by atoms with E-state index in [1.54, 1.807) is 0 Å². The van der Waals surface area contributed by atoms with Gasteiger partial charge in [0.25, 0.3) is 0 Å². The molecule has 98 valence electrons. The number of hydrogen-bond acceptors (Lipinski definition) is 3. The molecule has 0 saturated carbocycles. The van der Waals surface area contributed by atoms with Gasteiger partial charge in [0.2, 0.25) is 0 Å². The van der Waals surface area contributed by atoms with Crippen LogP contribution in [0.25, 0.3) is 0 Å². The molecule has 18 heavy (non-hydrogen) atoms. The maximum Gasteiger partial charge on any atom is 0.323 e. The van der Waals surface area contributed by atoms with Crippen molar-refractivity contribution in [2.24, 2.45) is 0 Å². The molecule has 0 unspecified atom stereocenters. The zero-order valence-electron chi connectivity index (χ0n) is 10.3. The molecule has 1 aliphatic rings. The smallest absolute Gasteiger partial charge is 0.323 e. The van der Waals surface area contributed by atoms with Crippen molar-refractivity contribution < 1.29 is 14.6 Å². The summed E-state index contributed by atoms with van der Waals surface area (Å²) in [5.41, 5.74) is 1.08. The molecular formula is C14H19NO3. The third-order valence-corrected chi connectivity index (χ3v) is 3.22. The third-order valence-electron chi connectivity index (χ3n) is 3.22. The first kappa shape index (κ1) is 13.1. The lowest BCUT2D eigenvalue weighted by atomic mass is 10.0. The molecule has 2 rings (SSSR count). The van der Waals surface area contributed by atoms with Crippen LogP contribution in [0.5, 0.6) is 0 Å². The molecule has 2 N–H and O–H groups in total. The number of nitrogens with one attached hydrogen (secondary N) is 1. The quantitative estimate of drug-likeness (QED) is 0.835. The Morgan fingerprint density at radius 1 is 1.39 bits per heavy atom. The van der Waals surface area contributed by atoms with E-state index in [0.29, 0.717) is 13.2 Å². The van der Waals surface area contributed by atoms with Gasteiger partial charge < -0.3 is 9.84 Å². The van der Waals surface area contributed by atoms with Crippen molar-refractivity contribution in [3.8, 4) is 0 Å². The highest BCUT2D eigenvalue weighted by molar-refractivity contribution is 5.74. The number of carbonyl (C=O) groups is 1. The Morgan fingerprint density at radius 2 is 2.17 bits per heavy atom. The molecule has 4 heteroatoms. The molecule has 1 aromatic rings. The average Bonchev–Trinajstić information content (AvgIpc) is 2.41. The molecule has 0 radical (unpaired) electrons. The van der Waals surface area contributed by atoms with Gasteiger partial charge >= 0.3 is 5.97 Å². The van der Waals surface area contributed by atoms with Gasteiger partial charge in [-0.25, -0.2) is 0 Å². The van der Waals surface area contributed by atoms with Gasteiger partial charge in [0.05, 0.1) is 6.10 Å². The fraction of sp³-hybridized carbons (Fsp3) is 0.500. The highest BCUT2D eigenvalue weighted by atomic mass is 16.5. The molecular weight excluding hydrogens is 230 g/mol. The van der Waals surface area contributed by atoms with Gasteiger partial charge in [-0.05, 0) is 24.8 Å². The van der Waals surface area contributed by atoms with Crippen LogP contribution >= 0.6 is 0 Å². The van der Waals surface area contributed by atoms with E-state index in [2.05, 4.69) is 5.32 Å². The van der Waals surface area contributed by atoms with Gasteiger partial charge in [0, 0.05) is 13.2 Å². The van der Waals surface area contributed by atoms with E-state index in [0.717, 1.165) is 24.8 Å². The summed E-state index contributed by atoms with van der Waals surface area (Å²) >= 11 is 0. The summed E-state index contributed by atoms with van der Waals surface area (Å²) in [5.74, 6) is -0.835. The molecule has 0 spiro atoms. The molecule has 1 heterocycles. The molecule has 1 aliphatic heterocycles. The molecule has 0 bridgehead atoms. The minimum absolute atomic E-state index is 0.208. The zero-order chi connectivity index (χ0) is 12.8. The second-order valence-corrected chi connectivity index (χ2v) is 4.59. The number of ether oxygens (including phenoxy) is 1. The zero-order valence-corrected chi connectivity index (χ0v) is 10.3. The second kappa shape index (κ2) is 6.52. The van der Waals surface area contributed by atoms with Crippen LogP contribution in [-0.2, 0) is 16.1 Å². The Morgan fingerprint density at radius 3 is 2.78 bits per heavy atom. The Hall–Kier alpha value is -1.39. The number of carboxylic acids is 1. The minimum Gasteiger partial charge on any atom is -0.480 e. The van der Waals surface area contributed by atoms with E-state index < -0.39 is 12.0 Å². The largest absolute Gasteiger partial charge is 0.480 e. The van der Waals surface area contributed by atoms with Gasteiger partial charge in [-0.15, -0.1) is 0 Å². The lowest BCUT2D eigenvalue weighted by molar-refractivity contribution is -0.145. The molecule has 0 aliphatic carbocycles. The fourth-order valence-electron chi connectivity index (χ4n) is 2.23. The van der Waals surface area contributed by atoms with E-state index >= 15 is 0 Å². The molecule has 4 nitrogen and oxygen atoms in total. The predicted octanol–water partition coefficient (Wildman–Crippen LogP) is 1.80. The van der Waals surface area contributed by atoms with Crippen molar-refractivity contribution >= 4 is 5.97 Å². The van der Waals surface area contributed by atoms with Crippen LogP contribution in [0, 0.1) is 0 Å². The van der Waals surface area contributed by atoms with Gasteiger partial charge in [-0.2, -0.15) is 0 Å². The SMILES string of the molecule is O=C(O)[C@@H](NCc1ccccc1)[C@H]1CCCCO1. The highest BCUT2D eigenvalue weighted by Crippen LogP contribution is 2.16. The van der Waals surface area contributed by atoms with Crippen LogP contribution in [0.4, 0.5) is 0 Å². The fourth-order valence-corrected chi connectivity index (χ4v) is 2.23. The van der Waals surface area contributed by atoms with Gasteiger partial charge in [0.1, 0.15) is 6.04 Å². The summed E-state index contributed by atoms with van der Waals surface area (Å²) in [5, 5.41) is 12.3. The topological polar surface area (TPSA) is 58.6 Å². The standard InChI is InChI=1S/C14H19NO3/c16-14(17)13(12-8-4-5-9-18-12)15-10-11-6-2-1-3-7-11/h1-3,6-7,12-13,15H,4-5,8-10H2,(H,16,17)/t12-,13+/m1/s1. The summed E-state index contributed by atoms with van der Waals surface area (Å²) in [4.78, 5) is 11.3. The van der Waals surface area contributed by atoms with E-state index in [-0.39, 0.29) is 6.10 Å². The van der Waals surface area contributed by atoms with Crippen molar-refractivity contribution in [3.05, 3.63) is 35.9 Å². The second-order valence-electron chi connectivity index (χ2n) is 4.59. The first-order chi connectivity index (χ1) is 8.77. The number of hydrogen-bond donors (Lipinski definition) is 2. The Kier molecular flexibility index (Phi) is 4.73. The van der Waals surface area contributed by atoms with E-state index in [1.807, 2.05) is 30.3 Å². The molecule has 0 amide bonds. The number of carboxylic acid groups (broad SMARTS) is 1. The van der Waals surface area contributed by atoms with E-state index in [9.17, 15) is 9.90 Å². The van der Waals surface area contributed by atoms with Crippen molar-refractivity contribution in [2.45, 2.75) is 38.0 Å². The van der Waals surface area contributed by atoms with Crippen molar-refractivity contribution in [3.63, 3.8) is 0 Å². The van der Waals surface area contributed by atoms with Crippen LogP contribution in [-0.4, -0.2) is 29.8 Å². The Labute approximate surface area is 107 Å². The summed E-state index contributed by atoms with van der Waals surface area (Å²) in [6, 6.07) is 9.18.